The lowest BCUT2D eigenvalue weighted by Gasteiger charge is -2.28. The van der Waals surface area contributed by atoms with Gasteiger partial charge >= 0.3 is 0 Å². The van der Waals surface area contributed by atoms with Gasteiger partial charge in [0.2, 0.25) is 0 Å². The van der Waals surface area contributed by atoms with Crippen molar-refractivity contribution < 1.29 is 4.39 Å². The van der Waals surface area contributed by atoms with Crippen LogP contribution in [-0.2, 0) is 0 Å². The van der Waals surface area contributed by atoms with E-state index in [0.29, 0.717) is 11.6 Å². The van der Waals surface area contributed by atoms with Gasteiger partial charge in [0.1, 0.15) is 11.3 Å². The standard InChI is InChI=1S/C12H12BrFN2/c1-7-15-12-10(14)5-8(13)6-11(12)16(7)9-3-2-4-9/h5-6,9H,2-4H2,1H3. The molecule has 0 aliphatic heterocycles. The van der Waals surface area contributed by atoms with Gasteiger partial charge < -0.3 is 4.57 Å². The van der Waals surface area contributed by atoms with E-state index in [-0.39, 0.29) is 5.82 Å². The lowest BCUT2D eigenvalue weighted by Crippen LogP contribution is -2.17. The van der Waals surface area contributed by atoms with E-state index >= 15 is 0 Å². The average molecular weight is 283 g/mol. The van der Waals surface area contributed by atoms with E-state index in [0.717, 1.165) is 15.8 Å². The van der Waals surface area contributed by atoms with Crippen LogP contribution in [0.2, 0.25) is 0 Å². The van der Waals surface area contributed by atoms with Crippen LogP contribution in [0.3, 0.4) is 0 Å². The third kappa shape index (κ3) is 1.39. The summed E-state index contributed by atoms with van der Waals surface area (Å²) in [6.45, 7) is 1.95. The first kappa shape index (κ1) is 10.3. The van der Waals surface area contributed by atoms with Crippen LogP contribution in [-0.4, -0.2) is 9.55 Å². The molecule has 0 N–H and O–H groups in total. The number of benzene rings is 1. The third-order valence-corrected chi connectivity index (χ3v) is 3.79. The SMILES string of the molecule is Cc1nc2c(F)cc(Br)cc2n1C1CCC1. The van der Waals surface area contributed by atoms with Crippen molar-refractivity contribution in [2.24, 2.45) is 0 Å². The summed E-state index contributed by atoms with van der Waals surface area (Å²) in [4.78, 5) is 4.32. The number of rotatable bonds is 1. The minimum absolute atomic E-state index is 0.245. The number of fused-ring (bicyclic) bond motifs is 1. The molecule has 0 unspecified atom stereocenters. The molecule has 3 rings (SSSR count). The second kappa shape index (κ2) is 3.55. The van der Waals surface area contributed by atoms with Crippen molar-refractivity contribution in [1.82, 2.24) is 9.55 Å². The number of aryl methyl sites for hydroxylation is 1. The van der Waals surface area contributed by atoms with Gasteiger partial charge in [0.25, 0.3) is 0 Å². The van der Waals surface area contributed by atoms with Gasteiger partial charge in [-0.2, -0.15) is 0 Å². The predicted molar refractivity (Wildman–Crippen MR) is 65.0 cm³/mol. The molecule has 2 nitrogen and oxygen atoms in total. The Bertz CT molecular complexity index is 558. The molecule has 0 atom stereocenters. The lowest BCUT2D eigenvalue weighted by molar-refractivity contribution is 0.316. The van der Waals surface area contributed by atoms with E-state index in [4.69, 9.17) is 0 Å². The average Bonchev–Trinajstić information content (AvgIpc) is 2.43. The highest BCUT2D eigenvalue weighted by Crippen LogP contribution is 2.36. The zero-order chi connectivity index (χ0) is 11.3. The number of hydrogen-bond acceptors (Lipinski definition) is 1. The fourth-order valence-electron chi connectivity index (χ4n) is 2.34. The largest absolute Gasteiger partial charge is 0.325 e. The van der Waals surface area contributed by atoms with Crippen LogP contribution in [0.15, 0.2) is 16.6 Å². The summed E-state index contributed by atoms with van der Waals surface area (Å²) in [5.41, 5.74) is 1.40. The fraction of sp³-hybridized carbons (Fsp3) is 0.417. The molecule has 0 bridgehead atoms. The molecule has 1 aromatic carbocycles. The maximum atomic E-state index is 13.7. The van der Waals surface area contributed by atoms with Gasteiger partial charge in [-0.25, -0.2) is 9.37 Å². The van der Waals surface area contributed by atoms with E-state index in [1.807, 2.05) is 13.0 Å². The number of hydrogen-bond donors (Lipinski definition) is 0. The topological polar surface area (TPSA) is 17.8 Å². The summed E-state index contributed by atoms with van der Waals surface area (Å²) < 4.78 is 16.7. The van der Waals surface area contributed by atoms with Gasteiger partial charge in [0.05, 0.1) is 5.52 Å². The van der Waals surface area contributed by atoms with Crippen LogP contribution >= 0.6 is 15.9 Å². The second-order valence-corrected chi connectivity index (χ2v) is 5.28. The molecule has 1 saturated carbocycles. The maximum absolute atomic E-state index is 13.7. The van der Waals surface area contributed by atoms with E-state index in [1.54, 1.807) is 0 Å². The Kier molecular flexibility index (Phi) is 2.28. The van der Waals surface area contributed by atoms with Crippen molar-refractivity contribution in [3.8, 4) is 0 Å². The molecule has 1 aliphatic carbocycles. The minimum atomic E-state index is -0.245. The van der Waals surface area contributed by atoms with Gasteiger partial charge in [-0.3, -0.25) is 0 Å². The van der Waals surface area contributed by atoms with Gasteiger partial charge in [-0.1, -0.05) is 15.9 Å². The Balaban J connectivity index is 2.29. The summed E-state index contributed by atoms with van der Waals surface area (Å²) in [7, 11) is 0. The van der Waals surface area contributed by atoms with Crippen molar-refractivity contribution in [3.63, 3.8) is 0 Å². The molecule has 84 valence electrons. The number of halogens is 2. The third-order valence-electron chi connectivity index (χ3n) is 3.33. The van der Waals surface area contributed by atoms with Crippen LogP contribution in [0.1, 0.15) is 31.1 Å². The molecule has 4 heteroatoms. The van der Waals surface area contributed by atoms with Gasteiger partial charge in [-0.05, 0) is 38.3 Å². The van der Waals surface area contributed by atoms with Crippen LogP contribution in [0, 0.1) is 12.7 Å². The zero-order valence-electron chi connectivity index (χ0n) is 9.00. The highest BCUT2D eigenvalue weighted by atomic mass is 79.9. The molecule has 1 aliphatic rings. The number of aromatic nitrogens is 2. The van der Waals surface area contributed by atoms with Crippen molar-refractivity contribution in [2.45, 2.75) is 32.2 Å². The Morgan fingerprint density at radius 1 is 1.44 bits per heavy atom. The van der Waals surface area contributed by atoms with Crippen molar-refractivity contribution in [2.75, 3.05) is 0 Å². The Hall–Kier alpha value is -0.900. The van der Waals surface area contributed by atoms with E-state index in [9.17, 15) is 4.39 Å². The summed E-state index contributed by atoms with van der Waals surface area (Å²) in [6, 6.07) is 3.94. The van der Waals surface area contributed by atoms with Crippen molar-refractivity contribution in [1.29, 1.82) is 0 Å². The molecule has 16 heavy (non-hydrogen) atoms. The molecule has 0 spiro atoms. The summed E-state index contributed by atoms with van der Waals surface area (Å²) in [5.74, 6) is 0.669. The van der Waals surface area contributed by atoms with Gasteiger partial charge in [0.15, 0.2) is 5.82 Å². The van der Waals surface area contributed by atoms with E-state index < -0.39 is 0 Å². The minimum Gasteiger partial charge on any atom is -0.325 e. The van der Waals surface area contributed by atoms with E-state index in [1.165, 1.54) is 25.3 Å². The first-order chi connectivity index (χ1) is 7.66. The smallest absolute Gasteiger partial charge is 0.152 e. The Morgan fingerprint density at radius 2 is 2.19 bits per heavy atom. The van der Waals surface area contributed by atoms with Crippen LogP contribution < -0.4 is 0 Å². The number of imidazole rings is 1. The second-order valence-electron chi connectivity index (χ2n) is 4.37. The molecule has 0 amide bonds. The van der Waals surface area contributed by atoms with Crippen LogP contribution in [0.5, 0.6) is 0 Å². The Labute approximate surface area is 102 Å². The highest BCUT2D eigenvalue weighted by Gasteiger charge is 2.24. The van der Waals surface area contributed by atoms with Crippen molar-refractivity contribution >= 4 is 27.0 Å². The van der Waals surface area contributed by atoms with Crippen LogP contribution in [0.25, 0.3) is 11.0 Å². The van der Waals surface area contributed by atoms with Gasteiger partial charge in [0, 0.05) is 10.5 Å². The fourth-order valence-corrected chi connectivity index (χ4v) is 2.76. The Morgan fingerprint density at radius 3 is 2.81 bits per heavy atom. The molecule has 0 saturated heterocycles. The predicted octanol–water partition coefficient (Wildman–Crippen LogP) is 3.97. The monoisotopic (exact) mass is 282 g/mol. The molecule has 1 heterocycles. The highest BCUT2D eigenvalue weighted by molar-refractivity contribution is 9.10. The maximum Gasteiger partial charge on any atom is 0.152 e. The lowest BCUT2D eigenvalue weighted by atomic mass is 9.92. The zero-order valence-corrected chi connectivity index (χ0v) is 10.6. The van der Waals surface area contributed by atoms with Crippen molar-refractivity contribution in [3.05, 3.63) is 28.2 Å². The first-order valence-corrected chi connectivity index (χ1v) is 6.29. The molecule has 1 fully saturated rings. The molecular formula is C12H12BrFN2. The first-order valence-electron chi connectivity index (χ1n) is 5.50. The summed E-state index contributed by atoms with van der Waals surface area (Å²) in [5, 5.41) is 0. The number of nitrogens with zero attached hydrogens (tertiary/aromatic N) is 2. The summed E-state index contributed by atoms with van der Waals surface area (Å²) >= 11 is 3.33. The summed E-state index contributed by atoms with van der Waals surface area (Å²) in [6.07, 6.45) is 3.63. The molecule has 1 aromatic heterocycles. The molecule has 0 radical (unpaired) electrons. The van der Waals surface area contributed by atoms with E-state index in [2.05, 4.69) is 25.5 Å². The molecule has 2 aromatic rings. The van der Waals surface area contributed by atoms with Crippen LogP contribution in [0.4, 0.5) is 4.39 Å². The van der Waals surface area contributed by atoms with Gasteiger partial charge in [-0.15, -0.1) is 0 Å². The molecular weight excluding hydrogens is 271 g/mol. The quantitative estimate of drug-likeness (QED) is 0.774. The normalized spacial score (nSPS) is 16.7.